The number of rotatable bonds is 2. The second-order valence-corrected chi connectivity index (χ2v) is 4.34. The molecule has 0 atom stereocenters. The lowest BCUT2D eigenvalue weighted by atomic mass is 10.1. The molecular formula is C13H11N5O2. The van der Waals surface area contributed by atoms with Crippen molar-refractivity contribution in [1.82, 2.24) is 20.4 Å². The Balaban J connectivity index is 1.97. The number of hydrogen-bond acceptors (Lipinski definition) is 4. The molecule has 0 aliphatic carbocycles. The van der Waals surface area contributed by atoms with Crippen molar-refractivity contribution >= 4 is 22.6 Å². The molecule has 0 bridgehead atoms. The minimum atomic E-state index is -0.404. The maximum absolute atomic E-state index is 12.2. The molecule has 0 saturated heterocycles. The first-order chi connectivity index (χ1) is 9.65. The van der Waals surface area contributed by atoms with Gasteiger partial charge in [-0.2, -0.15) is 15.4 Å². The molecule has 3 rings (SSSR count). The Morgan fingerprint density at radius 3 is 2.85 bits per heavy atom. The van der Waals surface area contributed by atoms with Gasteiger partial charge in [0.1, 0.15) is 16.7 Å². The number of H-pyrrole nitrogens is 2. The van der Waals surface area contributed by atoms with Crippen molar-refractivity contribution in [3.8, 4) is 0 Å². The molecule has 100 valence electrons. The van der Waals surface area contributed by atoms with E-state index in [1.54, 1.807) is 37.3 Å². The van der Waals surface area contributed by atoms with Crippen molar-refractivity contribution in [2.45, 2.75) is 6.92 Å². The van der Waals surface area contributed by atoms with Gasteiger partial charge in [-0.15, -0.1) is 0 Å². The van der Waals surface area contributed by atoms with Gasteiger partial charge < -0.3 is 10.3 Å². The van der Waals surface area contributed by atoms with Crippen LogP contribution in [-0.4, -0.2) is 26.3 Å². The van der Waals surface area contributed by atoms with Crippen molar-refractivity contribution < 1.29 is 4.79 Å². The van der Waals surface area contributed by atoms with E-state index in [0.29, 0.717) is 16.6 Å². The van der Waals surface area contributed by atoms with E-state index < -0.39 is 5.91 Å². The van der Waals surface area contributed by atoms with Crippen LogP contribution in [0.15, 0.2) is 35.1 Å². The van der Waals surface area contributed by atoms with Gasteiger partial charge in [0.25, 0.3) is 11.5 Å². The molecular weight excluding hydrogens is 258 g/mol. The summed E-state index contributed by atoms with van der Waals surface area (Å²) in [6.45, 7) is 1.77. The SMILES string of the molecule is Cc1ccc(NC(=O)c2cccc3n[nH]nc23)c(=O)[nH]1. The molecule has 1 amide bonds. The first-order valence-corrected chi connectivity index (χ1v) is 5.96. The molecule has 0 fully saturated rings. The second-order valence-electron chi connectivity index (χ2n) is 4.34. The van der Waals surface area contributed by atoms with E-state index in [9.17, 15) is 9.59 Å². The van der Waals surface area contributed by atoms with E-state index >= 15 is 0 Å². The van der Waals surface area contributed by atoms with Crippen molar-refractivity contribution in [2.24, 2.45) is 0 Å². The molecule has 2 heterocycles. The van der Waals surface area contributed by atoms with E-state index in [-0.39, 0.29) is 11.2 Å². The summed E-state index contributed by atoms with van der Waals surface area (Å²) in [5.74, 6) is -0.404. The molecule has 7 heteroatoms. The number of para-hydroxylation sites is 1. The Labute approximate surface area is 113 Å². The number of nitrogens with one attached hydrogen (secondary N) is 3. The number of amides is 1. The largest absolute Gasteiger partial charge is 0.325 e. The predicted molar refractivity (Wildman–Crippen MR) is 73.6 cm³/mol. The number of carbonyl (C=O) groups excluding carboxylic acids is 1. The lowest BCUT2D eigenvalue weighted by Gasteiger charge is -2.05. The lowest BCUT2D eigenvalue weighted by molar-refractivity contribution is 0.102. The first-order valence-electron chi connectivity index (χ1n) is 5.96. The number of benzene rings is 1. The smallest absolute Gasteiger partial charge is 0.271 e. The molecule has 0 saturated carbocycles. The fraction of sp³-hybridized carbons (Fsp3) is 0.0769. The van der Waals surface area contributed by atoms with Crippen LogP contribution in [0.4, 0.5) is 5.69 Å². The van der Waals surface area contributed by atoms with E-state index in [2.05, 4.69) is 25.7 Å². The molecule has 2 aromatic heterocycles. The van der Waals surface area contributed by atoms with Crippen LogP contribution in [0.25, 0.3) is 11.0 Å². The zero-order valence-corrected chi connectivity index (χ0v) is 10.6. The number of carbonyl (C=O) groups is 1. The van der Waals surface area contributed by atoms with Crippen molar-refractivity contribution in [2.75, 3.05) is 5.32 Å². The quantitative estimate of drug-likeness (QED) is 0.650. The number of aryl methyl sites for hydroxylation is 1. The standard InChI is InChI=1S/C13H11N5O2/c1-7-5-6-10(13(20)14-7)15-12(19)8-3-2-4-9-11(8)17-18-16-9/h2-6H,1H3,(H,14,20)(H,15,19)(H,16,17,18). The Morgan fingerprint density at radius 1 is 1.20 bits per heavy atom. The highest BCUT2D eigenvalue weighted by Crippen LogP contribution is 2.14. The fourth-order valence-electron chi connectivity index (χ4n) is 1.91. The summed E-state index contributed by atoms with van der Waals surface area (Å²) >= 11 is 0. The van der Waals surface area contributed by atoms with E-state index in [1.807, 2.05) is 0 Å². The summed E-state index contributed by atoms with van der Waals surface area (Å²) in [7, 11) is 0. The topological polar surface area (TPSA) is 104 Å². The van der Waals surface area contributed by atoms with Crippen LogP contribution in [0.3, 0.4) is 0 Å². The third kappa shape index (κ3) is 2.05. The second kappa shape index (κ2) is 4.61. The normalized spacial score (nSPS) is 10.7. The molecule has 1 aromatic carbocycles. The Hall–Kier alpha value is -2.96. The molecule has 3 aromatic rings. The predicted octanol–water partition coefficient (Wildman–Crippen LogP) is 1.21. The molecule has 7 nitrogen and oxygen atoms in total. The maximum atomic E-state index is 12.2. The summed E-state index contributed by atoms with van der Waals surface area (Å²) in [5.41, 5.74) is 2.00. The van der Waals surface area contributed by atoms with Crippen LogP contribution < -0.4 is 10.9 Å². The van der Waals surface area contributed by atoms with Gasteiger partial charge in [-0.05, 0) is 31.2 Å². The number of hydrogen-bond donors (Lipinski definition) is 3. The lowest BCUT2D eigenvalue weighted by Crippen LogP contribution is -2.20. The maximum Gasteiger partial charge on any atom is 0.271 e. The monoisotopic (exact) mass is 269 g/mol. The van der Waals surface area contributed by atoms with Gasteiger partial charge in [0.2, 0.25) is 0 Å². The van der Waals surface area contributed by atoms with Crippen molar-refractivity contribution in [1.29, 1.82) is 0 Å². The zero-order valence-electron chi connectivity index (χ0n) is 10.6. The van der Waals surface area contributed by atoms with Gasteiger partial charge in [-0.1, -0.05) is 6.07 Å². The number of nitrogens with zero attached hydrogens (tertiary/aromatic N) is 2. The highest BCUT2D eigenvalue weighted by atomic mass is 16.2. The zero-order chi connectivity index (χ0) is 14.1. The summed E-state index contributed by atoms with van der Waals surface area (Å²) in [6.07, 6.45) is 0. The first kappa shape index (κ1) is 12.1. The van der Waals surface area contributed by atoms with Gasteiger partial charge >= 0.3 is 0 Å². The average Bonchev–Trinajstić information content (AvgIpc) is 2.90. The minimum Gasteiger partial charge on any atom is -0.325 e. The highest BCUT2D eigenvalue weighted by molar-refractivity contribution is 6.11. The van der Waals surface area contributed by atoms with Gasteiger partial charge in [-0.3, -0.25) is 9.59 Å². The summed E-state index contributed by atoms with van der Waals surface area (Å²) in [4.78, 5) is 26.6. The Bertz CT molecular complexity index is 849. The Kier molecular flexibility index (Phi) is 2.79. The van der Waals surface area contributed by atoms with E-state index in [1.165, 1.54) is 0 Å². The van der Waals surface area contributed by atoms with Gasteiger partial charge in [-0.25, -0.2) is 0 Å². The molecule has 0 unspecified atom stereocenters. The third-order valence-corrected chi connectivity index (χ3v) is 2.90. The minimum absolute atomic E-state index is 0.195. The number of anilines is 1. The molecule has 3 N–H and O–H groups in total. The van der Waals surface area contributed by atoms with Crippen LogP contribution in [0.5, 0.6) is 0 Å². The molecule has 0 spiro atoms. The highest BCUT2D eigenvalue weighted by Gasteiger charge is 2.13. The van der Waals surface area contributed by atoms with Crippen LogP contribution in [0.2, 0.25) is 0 Å². The van der Waals surface area contributed by atoms with Crippen LogP contribution >= 0.6 is 0 Å². The fourth-order valence-corrected chi connectivity index (χ4v) is 1.91. The molecule has 20 heavy (non-hydrogen) atoms. The average molecular weight is 269 g/mol. The molecule has 0 aliphatic rings. The number of pyridine rings is 1. The van der Waals surface area contributed by atoms with E-state index in [0.717, 1.165) is 5.69 Å². The number of aromatic nitrogens is 4. The number of fused-ring (bicyclic) bond motifs is 1. The molecule has 0 aliphatic heterocycles. The summed E-state index contributed by atoms with van der Waals surface area (Å²) in [5, 5.41) is 12.9. The van der Waals surface area contributed by atoms with Gasteiger partial charge in [0.15, 0.2) is 0 Å². The molecule has 0 radical (unpaired) electrons. The van der Waals surface area contributed by atoms with Crippen LogP contribution in [0.1, 0.15) is 16.1 Å². The van der Waals surface area contributed by atoms with Crippen LogP contribution in [0, 0.1) is 6.92 Å². The Morgan fingerprint density at radius 2 is 2.05 bits per heavy atom. The number of aromatic amines is 2. The third-order valence-electron chi connectivity index (χ3n) is 2.90. The van der Waals surface area contributed by atoms with Gasteiger partial charge in [0.05, 0.1) is 5.56 Å². The van der Waals surface area contributed by atoms with Crippen LogP contribution in [-0.2, 0) is 0 Å². The van der Waals surface area contributed by atoms with E-state index in [4.69, 9.17) is 0 Å². The van der Waals surface area contributed by atoms with Crippen molar-refractivity contribution in [3.63, 3.8) is 0 Å². The summed E-state index contributed by atoms with van der Waals surface area (Å²) in [6, 6.07) is 8.36. The van der Waals surface area contributed by atoms with Gasteiger partial charge in [0, 0.05) is 5.69 Å². The van der Waals surface area contributed by atoms with Crippen molar-refractivity contribution in [3.05, 3.63) is 51.9 Å². The summed E-state index contributed by atoms with van der Waals surface area (Å²) < 4.78 is 0.